The SMILES string of the molecule is Cl.O=C(Nc1cccc2[nH]c(-c3c(NC[C@@H](O)c4ccccc4)cc[nH]c3=O)nc12)c1ccc(C(F)(F)F)cc1. The van der Waals surface area contributed by atoms with E-state index in [2.05, 4.69) is 25.6 Å². The van der Waals surface area contributed by atoms with Gasteiger partial charge in [0.05, 0.1) is 28.6 Å². The van der Waals surface area contributed by atoms with Crippen molar-refractivity contribution in [3.8, 4) is 11.4 Å². The number of carbonyl (C=O) groups excluding carboxylic acids is 1. The number of aromatic amines is 2. The second-order valence-electron chi connectivity index (χ2n) is 8.72. The van der Waals surface area contributed by atoms with E-state index in [4.69, 9.17) is 0 Å². The fraction of sp³-hybridized carbons (Fsp3) is 0.107. The molecule has 5 N–H and O–H groups in total. The highest BCUT2D eigenvalue weighted by Gasteiger charge is 2.30. The number of H-pyrrole nitrogens is 2. The summed E-state index contributed by atoms with van der Waals surface area (Å²) in [7, 11) is 0. The number of nitrogens with one attached hydrogen (secondary N) is 4. The lowest BCUT2D eigenvalue weighted by Gasteiger charge is -2.14. The van der Waals surface area contributed by atoms with Gasteiger partial charge in [0.15, 0.2) is 0 Å². The van der Waals surface area contributed by atoms with Crippen LogP contribution in [0.3, 0.4) is 0 Å². The molecular formula is C28H23ClF3N5O3. The third kappa shape index (κ3) is 6.00. The summed E-state index contributed by atoms with van der Waals surface area (Å²) in [6.07, 6.45) is -3.85. The molecule has 12 heteroatoms. The van der Waals surface area contributed by atoms with Crippen LogP contribution in [0, 0.1) is 0 Å². The number of pyridine rings is 1. The minimum Gasteiger partial charge on any atom is -0.387 e. The first kappa shape index (κ1) is 28.4. The van der Waals surface area contributed by atoms with E-state index in [9.17, 15) is 27.9 Å². The van der Waals surface area contributed by atoms with E-state index in [1.165, 1.54) is 6.20 Å². The molecule has 1 atom stereocenters. The Balaban J connectivity index is 0.00000370. The van der Waals surface area contributed by atoms with Gasteiger partial charge in [0.25, 0.3) is 11.5 Å². The Morgan fingerprint density at radius 3 is 2.38 bits per heavy atom. The molecule has 5 rings (SSSR count). The van der Waals surface area contributed by atoms with Crippen LogP contribution in [-0.4, -0.2) is 32.5 Å². The number of imidazole rings is 1. The molecule has 0 bridgehead atoms. The minimum atomic E-state index is -4.51. The van der Waals surface area contributed by atoms with Crippen molar-refractivity contribution in [3.05, 3.63) is 112 Å². The van der Waals surface area contributed by atoms with Crippen LogP contribution in [0.1, 0.15) is 27.6 Å². The molecule has 40 heavy (non-hydrogen) atoms. The Kier molecular flexibility index (Phi) is 8.26. The van der Waals surface area contributed by atoms with E-state index >= 15 is 0 Å². The van der Waals surface area contributed by atoms with Crippen molar-refractivity contribution in [2.45, 2.75) is 12.3 Å². The number of halogens is 4. The molecule has 0 saturated carbocycles. The van der Waals surface area contributed by atoms with E-state index < -0.39 is 29.3 Å². The van der Waals surface area contributed by atoms with Crippen molar-refractivity contribution >= 4 is 40.7 Å². The molecule has 0 fully saturated rings. The van der Waals surface area contributed by atoms with E-state index in [-0.39, 0.29) is 35.9 Å². The quantitative estimate of drug-likeness (QED) is 0.171. The molecule has 0 aliphatic carbocycles. The highest BCUT2D eigenvalue weighted by atomic mass is 35.5. The first-order valence-electron chi connectivity index (χ1n) is 11.9. The summed E-state index contributed by atoms with van der Waals surface area (Å²) in [5, 5.41) is 16.3. The molecule has 8 nitrogen and oxygen atoms in total. The largest absolute Gasteiger partial charge is 0.416 e. The maximum atomic E-state index is 12.9. The number of aliphatic hydroxyl groups is 1. The number of para-hydroxylation sites is 1. The van der Waals surface area contributed by atoms with Crippen LogP contribution in [0.25, 0.3) is 22.4 Å². The van der Waals surface area contributed by atoms with Gasteiger partial charge in [0.1, 0.15) is 16.9 Å². The van der Waals surface area contributed by atoms with Crippen LogP contribution in [0.2, 0.25) is 0 Å². The van der Waals surface area contributed by atoms with Gasteiger partial charge in [-0.1, -0.05) is 36.4 Å². The van der Waals surface area contributed by atoms with Crippen LogP contribution >= 0.6 is 12.4 Å². The maximum absolute atomic E-state index is 12.9. The first-order valence-corrected chi connectivity index (χ1v) is 11.9. The van der Waals surface area contributed by atoms with Crippen LogP contribution in [0.15, 0.2) is 89.9 Å². The fourth-order valence-electron chi connectivity index (χ4n) is 4.12. The predicted octanol–water partition coefficient (Wildman–Crippen LogP) is 5.76. The highest BCUT2D eigenvalue weighted by molar-refractivity contribution is 6.08. The first-order chi connectivity index (χ1) is 18.7. The molecule has 0 aliphatic heterocycles. The van der Waals surface area contributed by atoms with Crippen molar-refractivity contribution in [2.24, 2.45) is 0 Å². The van der Waals surface area contributed by atoms with E-state index in [1.54, 1.807) is 36.4 Å². The lowest BCUT2D eigenvalue weighted by Crippen LogP contribution is -2.17. The summed E-state index contributed by atoms with van der Waals surface area (Å²) < 4.78 is 38.6. The lowest BCUT2D eigenvalue weighted by atomic mass is 10.1. The summed E-state index contributed by atoms with van der Waals surface area (Å²) in [5.41, 5.74) is 1.29. The van der Waals surface area contributed by atoms with Crippen LogP contribution in [-0.2, 0) is 6.18 Å². The normalized spacial score (nSPS) is 12.0. The molecule has 0 aliphatic rings. The number of hydrogen-bond acceptors (Lipinski definition) is 5. The summed E-state index contributed by atoms with van der Waals surface area (Å²) in [6, 6.07) is 19.6. The Labute approximate surface area is 231 Å². The van der Waals surface area contributed by atoms with Gasteiger partial charge in [0.2, 0.25) is 0 Å². The second kappa shape index (κ2) is 11.6. The number of fused-ring (bicyclic) bond motifs is 1. The van der Waals surface area contributed by atoms with Gasteiger partial charge in [-0.15, -0.1) is 12.4 Å². The van der Waals surface area contributed by atoms with Gasteiger partial charge in [-0.05, 0) is 48.0 Å². The van der Waals surface area contributed by atoms with Gasteiger partial charge in [-0.2, -0.15) is 13.2 Å². The molecule has 3 aromatic carbocycles. The number of carbonyl (C=O) groups is 1. The minimum absolute atomic E-state index is 0. The van der Waals surface area contributed by atoms with Crippen LogP contribution in [0.5, 0.6) is 0 Å². The van der Waals surface area contributed by atoms with Gasteiger partial charge < -0.3 is 25.7 Å². The summed E-state index contributed by atoms with van der Waals surface area (Å²) in [5.74, 6) is -0.393. The second-order valence-corrected chi connectivity index (χ2v) is 8.72. The summed E-state index contributed by atoms with van der Waals surface area (Å²) in [6.45, 7) is 0.134. The zero-order valence-electron chi connectivity index (χ0n) is 20.6. The number of hydrogen-bond donors (Lipinski definition) is 5. The third-order valence-corrected chi connectivity index (χ3v) is 6.10. The van der Waals surface area contributed by atoms with Crippen molar-refractivity contribution in [1.29, 1.82) is 0 Å². The number of amides is 1. The molecule has 5 aromatic rings. The number of alkyl halides is 3. The Morgan fingerprint density at radius 1 is 0.950 bits per heavy atom. The van der Waals surface area contributed by atoms with E-state index in [1.807, 2.05) is 18.2 Å². The molecular weight excluding hydrogens is 547 g/mol. The molecule has 0 saturated heterocycles. The number of anilines is 2. The average Bonchev–Trinajstić information content (AvgIpc) is 3.36. The smallest absolute Gasteiger partial charge is 0.387 e. The maximum Gasteiger partial charge on any atom is 0.416 e. The molecule has 0 unspecified atom stereocenters. The Bertz CT molecular complexity index is 1690. The Morgan fingerprint density at radius 2 is 1.68 bits per heavy atom. The molecule has 2 heterocycles. The number of nitrogens with zero attached hydrogens (tertiary/aromatic N) is 1. The summed E-state index contributed by atoms with van der Waals surface area (Å²) >= 11 is 0. The van der Waals surface area contributed by atoms with E-state index in [0.717, 1.165) is 24.3 Å². The van der Waals surface area contributed by atoms with Gasteiger partial charge >= 0.3 is 6.18 Å². The zero-order chi connectivity index (χ0) is 27.6. The fourth-order valence-corrected chi connectivity index (χ4v) is 4.12. The third-order valence-electron chi connectivity index (χ3n) is 6.10. The molecule has 2 aromatic heterocycles. The van der Waals surface area contributed by atoms with E-state index in [0.29, 0.717) is 28.0 Å². The number of aliphatic hydroxyl groups excluding tert-OH is 1. The number of rotatable bonds is 7. The van der Waals surface area contributed by atoms with Crippen LogP contribution in [0.4, 0.5) is 24.5 Å². The monoisotopic (exact) mass is 569 g/mol. The van der Waals surface area contributed by atoms with Crippen molar-refractivity contribution in [3.63, 3.8) is 0 Å². The van der Waals surface area contributed by atoms with Gasteiger partial charge in [0, 0.05) is 18.3 Å². The number of aromatic nitrogens is 3. The van der Waals surface area contributed by atoms with Crippen molar-refractivity contribution in [2.75, 3.05) is 17.2 Å². The van der Waals surface area contributed by atoms with Crippen LogP contribution < -0.4 is 16.2 Å². The predicted molar refractivity (Wildman–Crippen MR) is 149 cm³/mol. The molecule has 1 amide bonds. The highest BCUT2D eigenvalue weighted by Crippen LogP contribution is 2.30. The zero-order valence-corrected chi connectivity index (χ0v) is 21.4. The standard InChI is InChI=1S/C28H22F3N5O3.ClH/c29-28(30,31)18-11-9-17(10-12-18)26(38)35-21-8-4-7-20-24(21)36-25(34-20)23-19(13-14-32-27(23)39)33-15-22(37)16-5-2-1-3-6-16;/h1-14,22,37H,15H2,(H,34,36)(H,35,38)(H2,32,33,39);1H/t22-;/m1./s1. The van der Waals surface area contributed by atoms with Gasteiger partial charge in [-0.25, -0.2) is 4.98 Å². The van der Waals surface area contributed by atoms with Crippen molar-refractivity contribution in [1.82, 2.24) is 15.0 Å². The number of benzene rings is 3. The molecule has 206 valence electrons. The summed E-state index contributed by atoms with van der Waals surface area (Å²) in [4.78, 5) is 35.8. The van der Waals surface area contributed by atoms with Crippen molar-refractivity contribution < 1.29 is 23.1 Å². The van der Waals surface area contributed by atoms with Gasteiger partial charge in [-0.3, -0.25) is 9.59 Å². The Hall–Kier alpha value is -4.61. The molecule has 0 radical (unpaired) electrons. The average molecular weight is 570 g/mol. The lowest BCUT2D eigenvalue weighted by molar-refractivity contribution is -0.137. The molecule has 0 spiro atoms. The topological polar surface area (TPSA) is 123 Å².